The van der Waals surface area contributed by atoms with Crippen LogP contribution in [-0.4, -0.2) is 25.2 Å². The van der Waals surface area contributed by atoms with Gasteiger partial charge in [0.05, 0.1) is 0 Å². The van der Waals surface area contributed by atoms with Crippen LogP contribution in [0.25, 0.3) is 0 Å². The van der Waals surface area contributed by atoms with Gasteiger partial charge in [0, 0.05) is 5.56 Å². The first-order chi connectivity index (χ1) is 7.79. The molecule has 0 fully saturated rings. The summed E-state index contributed by atoms with van der Waals surface area (Å²) in [5.41, 5.74) is 2.14. The van der Waals surface area contributed by atoms with E-state index in [0.717, 1.165) is 11.1 Å². The molecule has 0 spiro atoms. The molecule has 0 saturated heterocycles. The number of Topliss-reactive ketones (excluding diaryl/α,β-unsaturated/α-hetero) is 1. The van der Waals surface area contributed by atoms with Crippen molar-refractivity contribution in [3.8, 4) is 0 Å². The minimum Gasteiger partial charge on any atom is -0.364 e. The fraction of sp³-hybridized carbons (Fsp3) is 0.417. The zero-order valence-corrected chi connectivity index (χ0v) is 9.60. The molecule has 94 valence electrons. The molecule has 0 aliphatic rings. The largest absolute Gasteiger partial charge is 0.411 e. The second kappa shape index (κ2) is 5.31. The van der Waals surface area contributed by atoms with E-state index in [1.165, 1.54) is 0 Å². The molecule has 0 aliphatic heterocycles. The average molecular weight is 246 g/mol. The smallest absolute Gasteiger partial charge is 0.364 e. The van der Waals surface area contributed by atoms with Crippen molar-refractivity contribution in [1.29, 1.82) is 0 Å². The highest BCUT2D eigenvalue weighted by molar-refractivity contribution is 5.98. The number of hydrogen-bond acceptors (Lipinski definition) is 2. The van der Waals surface area contributed by atoms with E-state index in [9.17, 15) is 18.0 Å². The van der Waals surface area contributed by atoms with Gasteiger partial charge in [-0.05, 0) is 19.4 Å². The maximum atomic E-state index is 11.8. The molecule has 17 heavy (non-hydrogen) atoms. The first kappa shape index (κ1) is 13.7. The number of ether oxygens (including phenoxy) is 1. The molecule has 1 aromatic carbocycles. The number of carbonyl (C=O) groups is 1. The van der Waals surface area contributed by atoms with Gasteiger partial charge >= 0.3 is 6.18 Å². The van der Waals surface area contributed by atoms with Crippen LogP contribution in [0.4, 0.5) is 13.2 Å². The van der Waals surface area contributed by atoms with Crippen LogP contribution in [0.15, 0.2) is 18.2 Å². The van der Waals surface area contributed by atoms with Gasteiger partial charge in [-0.25, -0.2) is 0 Å². The van der Waals surface area contributed by atoms with E-state index < -0.39 is 25.2 Å². The lowest BCUT2D eigenvalue weighted by atomic mass is 10.0. The predicted octanol–water partition coefficient (Wildman–Crippen LogP) is 3.07. The van der Waals surface area contributed by atoms with E-state index in [0.29, 0.717) is 5.56 Å². The van der Waals surface area contributed by atoms with Crippen LogP contribution in [0.2, 0.25) is 0 Å². The van der Waals surface area contributed by atoms with Crippen molar-refractivity contribution < 1.29 is 22.7 Å². The number of alkyl halides is 3. The molecule has 0 saturated carbocycles. The molecule has 1 rings (SSSR count). The molecule has 0 amide bonds. The van der Waals surface area contributed by atoms with Crippen molar-refractivity contribution in [2.45, 2.75) is 20.0 Å². The van der Waals surface area contributed by atoms with Gasteiger partial charge in [-0.15, -0.1) is 0 Å². The highest BCUT2D eigenvalue weighted by Gasteiger charge is 2.27. The van der Waals surface area contributed by atoms with Crippen molar-refractivity contribution in [3.05, 3.63) is 34.9 Å². The lowest BCUT2D eigenvalue weighted by molar-refractivity contribution is -0.170. The minimum atomic E-state index is -4.40. The Morgan fingerprint density at radius 2 is 1.94 bits per heavy atom. The Hall–Kier alpha value is -1.36. The summed E-state index contributed by atoms with van der Waals surface area (Å²) in [5, 5.41) is 0. The monoisotopic (exact) mass is 246 g/mol. The second-order valence-corrected chi connectivity index (χ2v) is 3.85. The normalized spacial score (nSPS) is 11.6. The zero-order valence-electron chi connectivity index (χ0n) is 9.60. The van der Waals surface area contributed by atoms with Gasteiger partial charge in [0.2, 0.25) is 0 Å². The molecule has 0 atom stereocenters. The summed E-state index contributed by atoms with van der Waals surface area (Å²) in [6.07, 6.45) is -4.40. The fourth-order valence-electron chi connectivity index (χ4n) is 1.46. The SMILES string of the molecule is Cc1ccc(C(=O)COCC(F)(F)F)c(C)c1. The Morgan fingerprint density at radius 3 is 2.47 bits per heavy atom. The molecular formula is C12H13F3O2. The van der Waals surface area contributed by atoms with E-state index in [1.807, 2.05) is 6.92 Å². The second-order valence-electron chi connectivity index (χ2n) is 3.85. The number of hydrogen-bond donors (Lipinski definition) is 0. The predicted molar refractivity (Wildman–Crippen MR) is 57.1 cm³/mol. The lowest BCUT2D eigenvalue weighted by Crippen LogP contribution is -2.20. The van der Waals surface area contributed by atoms with Crippen LogP contribution >= 0.6 is 0 Å². The van der Waals surface area contributed by atoms with Gasteiger partial charge in [0.25, 0.3) is 0 Å². The Labute approximate surface area is 97.4 Å². The molecule has 0 bridgehead atoms. The zero-order chi connectivity index (χ0) is 13.1. The third kappa shape index (κ3) is 4.56. The van der Waals surface area contributed by atoms with Gasteiger partial charge in [-0.1, -0.05) is 23.8 Å². The Morgan fingerprint density at radius 1 is 1.29 bits per heavy atom. The van der Waals surface area contributed by atoms with Crippen LogP contribution in [0.1, 0.15) is 21.5 Å². The Kier molecular flexibility index (Phi) is 4.28. The Bertz CT molecular complexity index is 411. The van der Waals surface area contributed by atoms with Gasteiger partial charge in [-0.2, -0.15) is 13.2 Å². The maximum absolute atomic E-state index is 11.8. The molecule has 0 N–H and O–H groups in total. The lowest BCUT2D eigenvalue weighted by Gasteiger charge is -2.08. The molecule has 5 heteroatoms. The van der Waals surface area contributed by atoms with Crippen molar-refractivity contribution in [3.63, 3.8) is 0 Å². The van der Waals surface area contributed by atoms with Crippen molar-refractivity contribution in [1.82, 2.24) is 0 Å². The van der Waals surface area contributed by atoms with Gasteiger partial charge < -0.3 is 4.74 Å². The van der Waals surface area contributed by atoms with Gasteiger partial charge in [0.15, 0.2) is 5.78 Å². The average Bonchev–Trinajstić information content (AvgIpc) is 2.15. The van der Waals surface area contributed by atoms with Crippen LogP contribution in [0.5, 0.6) is 0 Å². The molecular weight excluding hydrogens is 233 g/mol. The highest BCUT2D eigenvalue weighted by atomic mass is 19.4. The summed E-state index contributed by atoms with van der Waals surface area (Å²) >= 11 is 0. The molecule has 0 unspecified atom stereocenters. The molecule has 0 heterocycles. The number of ketones is 1. The third-order valence-corrected chi connectivity index (χ3v) is 2.18. The fourth-order valence-corrected chi connectivity index (χ4v) is 1.46. The van der Waals surface area contributed by atoms with E-state index in [-0.39, 0.29) is 0 Å². The quantitative estimate of drug-likeness (QED) is 0.763. The molecule has 0 radical (unpaired) electrons. The molecule has 0 aromatic heterocycles. The number of halogens is 3. The third-order valence-electron chi connectivity index (χ3n) is 2.18. The number of benzene rings is 1. The summed E-state index contributed by atoms with van der Waals surface area (Å²) in [7, 11) is 0. The van der Waals surface area contributed by atoms with Crippen molar-refractivity contribution >= 4 is 5.78 Å². The summed E-state index contributed by atoms with van der Waals surface area (Å²) in [4.78, 5) is 11.6. The van der Waals surface area contributed by atoms with Crippen molar-refractivity contribution in [2.24, 2.45) is 0 Å². The van der Waals surface area contributed by atoms with Crippen LogP contribution in [0.3, 0.4) is 0 Å². The maximum Gasteiger partial charge on any atom is 0.411 e. The van der Waals surface area contributed by atoms with Crippen LogP contribution in [-0.2, 0) is 4.74 Å². The number of carbonyl (C=O) groups excluding carboxylic acids is 1. The van der Waals surface area contributed by atoms with Crippen LogP contribution in [0, 0.1) is 13.8 Å². The van der Waals surface area contributed by atoms with Crippen molar-refractivity contribution in [2.75, 3.05) is 13.2 Å². The topological polar surface area (TPSA) is 26.3 Å². The van der Waals surface area contributed by atoms with Crippen LogP contribution < -0.4 is 0 Å². The van der Waals surface area contributed by atoms with E-state index in [1.54, 1.807) is 25.1 Å². The summed E-state index contributed by atoms with van der Waals surface area (Å²) in [5.74, 6) is -0.438. The molecule has 1 aromatic rings. The minimum absolute atomic E-state index is 0.401. The summed E-state index contributed by atoms with van der Waals surface area (Å²) < 4.78 is 39.7. The summed E-state index contributed by atoms with van der Waals surface area (Å²) in [6.45, 7) is 1.67. The molecule has 2 nitrogen and oxygen atoms in total. The number of aryl methyl sites for hydroxylation is 2. The molecule has 0 aliphatic carbocycles. The van der Waals surface area contributed by atoms with Gasteiger partial charge in [-0.3, -0.25) is 4.79 Å². The highest BCUT2D eigenvalue weighted by Crippen LogP contribution is 2.15. The van der Waals surface area contributed by atoms with E-state index >= 15 is 0 Å². The van der Waals surface area contributed by atoms with E-state index in [2.05, 4.69) is 4.74 Å². The summed E-state index contributed by atoms with van der Waals surface area (Å²) in [6, 6.07) is 5.14. The van der Waals surface area contributed by atoms with E-state index in [4.69, 9.17) is 0 Å². The van der Waals surface area contributed by atoms with Gasteiger partial charge in [0.1, 0.15) is 13.2 Å². The first-order valence-electron chi connectivity index (χ1n) is 5.04. The number of rotatable bonds is 4. The first-order valence-corrected chi connectivity index (χ1v) is 5.04. The standard InChI is InChI=1S/C12H13F3O2/c1-8-3-4-10(9(2)5-8)11(16)6-17-7-12(13,14)15/h3-5H,6-7H2,1-2H3. The Balaban J connectivity index is 2.59.